The summed E-state index contributed by atoms with van der Waals surface area (Å²) in [4.78, 5) is 24.5. The first kappa shape index (κ1) is 17.2. The molecule has 26 heavy (non-hydrogen) atoms. The molecule has 1 heterocycles. The minimum atomic E-state index is -0.659. The van der Waals surface area contributed by atoms with E-state index in [2.05, 4.69) is 10.4 Å². The van der Waals surface area contributed by atoms with Crippen LogP contribution in [0.25, 0.3) is 11.6 Å². The number of rotatable bonds is 5. The molecule has 3 rings (SSSR count). The van der Waals surface area contributed by atoms with Gasteiger partial charge in [-0.25, -0.2) is 0 Å². The lowest BCUT2D eigenvalue weighted by Gasteiger charge is -2.10. The Hall–Kier alpha value is -3.67. The van der Waals surface area contributed by atoms with E-state index in [-0.39, 0.29) is 17.3 Å². The van der Waals surface area contributed by atoms with Gasteiger partial charge in [-0.3, -0.25) is 14.3 Å². The normalized spacial score (nSPS) is 11.2. The highest BCUT2D eigenvalue weighted by molar-refractivity contribution is 6.29. The highest BCUT2D eigenvalue weighted by atomic mass is 16.2. The van der Waals surface area contributed by atoms with Crippen molar-refractivity contribution in [2.75, 3.05) is 5.32 Å². The van der Waals surface area contributed by atoms with Crippen LogP contribution in [0.4, 0.5) is 5.69 Å². The number of carbonyl (C=O) groups excluding carboxylic acids is 2. The molecule has 0 saturated heterocycles. The minimum Gasteiger partial charge on any atom is -0.364 e. The monoisotopic (exact) mass is 346 g/mol. The SMILES string of the molecule is Cn1ncc(NC(=O)/C(=C\c2ccccc2)c2ccccc2)c1C(N)=O. The van der Waals surface area contributed by atoms with Crippen molar-refractivity contribution in [2.24, 2.45) is 12.8 Å². The topological polar surface area (TPSA) is 90.0 Å². The van der Waals surface area contributed by atoms with E-state index in [1.54, 1.807) is 13.1 Å². The average Bonchev–Trinajstić information content (AvgIpc) is 3.01. The fourth-order valence-electron chi connectivity index (χ4n) is 2.62. The van der Waals surface area contributed by atoms with Gasteiger partial charge in [0, 0.05) is 12.6 Å². The van der Waals surface area contributed by atoms with E-state index >= 15 is 0 Å². The van der Waals surface area contributed by atoms with E-state index in [9.17, 15) is 9.59 Å². The van der Waals surface area contributed by atoms with Crippen LogP contribution < -0.4 is 11.1 Å². The van der Waals surface area contributed by atoms with E-state index in [0.29, 0.717) is 5.57 Å². The molecule has 0 aliphatic carbocycles. The van der Waals surface area contributed by atoms with Gasteiger partial charge in [-0.2, -0.15) is 5.10 Å². The number of carbonyl (C=O) groups is 2. The number of primary amides is 1. The fraction of sp³-hybridized carbons (Fsp3) is 0.0500. The number of amides is 2. The summed E-state index contributed by atoms with van der Waals surface area (Å²) in [5, 5.41) is 6.73. The van der Waals surface area contributed by atoms with Crippen LogP contribution in [-0.2, 0) is 11.8 Å². The van der Waals surface area contributed by atoms with Crippen molar-refractivity contribution in [2.45, 2.75) is 0 Å². The molecule has 6 heteroatoms. The second kappa shape index (κ2) is 7.48. The van der Waals surface area contributed by atoms with Crippen molar-refractivity contribution in [1.29, 1.82) is 0 Å². The summed E-state index contributed by atoms with van der Waals surface area (Å²) in [6, 6.07) is 18.9. The Balaban J connectivity index is 1.99. The van der Waals surface area contributed by atoms with Crippen molar-refractivity contribution in [1.82, 2.24) is 9.78 Å². The molecule has 0 radical (unpaired) electrons. The molecule has 0 aliphatic heterocycles. The van der Waals surface area contributed by atoms with Crippen molar-refractivity contribution < 1.29 is 9.59 Å². The Morgan fingerprint density at radius 1 is 1.04 bits per heavy atom. The lowest BCUT2D eigenvalue weighted by Crippen LogP contribution is -2.20. The summed E-state index contributed by atoms with van der Waals surface area (Å²) in [5.41, 5.74) is 7.92. The first-order valence-electron chi connectivity index (χ1n) is 8.01. The Morgan fingerprint density at radius 3 is 2.27 bits per heavy atom. The van der Waals surface area contributed by atoms with E-state index in [1.165, 1.54) is 10.9 Å². The number of hydrogen-bond acceptors (Lipinski definition) is 3. The molecule has 3 aromatic rings. The van der Waals surface area contributed by atoms with E-state index in [0.717, 1.165) is 11.1 Å². The summed E-state index contributed by atoms with van der Waals surface area (Å²) >= 11 is 0. The second-order valence-corrected chi connectivity index (χ2v) is 5.68. The molecule has 0 atom stereocenters. The van der Waals surface area contributed by atoms with Crippen LogP contribution in [0.2, 0.25) is 0 Å². The number of nitrogens with two attached hydrogens (primary N) is 1. The van der Waals surface area contributed by atoms with Crippen LogP contribution >= 0.6 is 0 Å². The summed E-state index contributed by atoms with van der Waals surface area (Å²) < 4.78 is 1.33. The number of nitrogens with one attached hydrogen (secondary N) is 1. The molecular formula is C20H18N4O2. The molecule has 2 amide bonds. The smallest absolute Gasteiger partial charge is 0.269 e. The predicted octanol–water partition coefficient (Wildman–Crippen LogP) is 2.70. The molecule has 0 bridgehead atoms. The number of aromatic nitrogens is 2. The van der Waals surface area contributed by atoms with Gasteiger partial charge in [0.1, 0.15) is 5.69 Å². The van der Waals surface area contributed by atoms with Gasteiger partial charge in [0.15, 0.2) is 0 Å². The summed E-state index contributed by atoms with van der Waals surface area (Å²) in [6.45, 7) is 0. The highest BCUT2D eigenvalue weighted by Crippen LogP contribution is 2.22. The van der Waals surface area contributed by atoms with Crippen LogP contribution in [0.3, 0.4) is 0 Å². The second-order valence-electron chi connectivity index (χ2n) is 5.68. The summed E-state index contributed by atoms with van der Waals surface area (Å²) in [6.07, 6.45) is 3.20. The molecule has 0 aliphatic rings. The Morgan fingerprint density at radius 2 is 1.65 bits per heavy atom. The van der Waals surface area contributed by atoms with Crippen LogP contribution in [0.5, 0.6) is 0 Å². The maximum absolute atomic E-state index is 12.9. The molecule has 0 spiro atoms. The van der Waals surface area contributed by atoms with Gasteiger partial charge in [0.2, 0.25) is 0 Å². The van der Waals surface area contributed by atoms with Crippen LogP contribution in [0.15, 0.2) is 66.9 Å². The summed E-state index contributed by atoms with van der Waals surface area (Å²) in [7, 11) is 1.59. The zero-order chi connectivity index (χ0) is 18.5. The Bertz CT molecular complexity index is 960. The molecule has 3 N–H and O–H groups in total. The Labute approximate surface area is 151 Å². The largest absolute Gasteiger partial charge is 0.364 e. The molecular weight excluding hydrogens is 328 g/mol. The van der Waals surface area contributed by atoms with Crippen LogP contribution in [0.1, 0.15) is 21.6 Å². The van der Waals surface area contributed by atoms with Gasteiger partial charge in [-0.15, -0.1) is 0 Å². The first-order valence-corrected chi connectivity index (χ1v) is 8.01. The molecule has 0 unspecified atom stereocenters. The van der Waals surface area contributed by atoms with Crippen LogP contribution in [0, 0.1) is 0 Å². The number of nitrogens with zero attached hydrogens (tertiary/aromatic N) is 2. The minimum absolute atomic E-state index is 0.144. The van der Waals surface area contributed by atoms with Gasteiger partial charge in [0.05, 0.1) is 11.9 Å². The van der Waals surface area contributed by atoms with E-state index in [1.807, 2.05) is 60.7 Å². The standard InChI is InChI=1S/C20H18N4O2/c1-24-18(19(21)25)17(13-22-24)23-20(26)16(15-10-6-3-7-11-15)12-14-8-4-2-5-9-14/h2-13H,1H3,(H2,21,25)(H,23,26)/b16-12-. The molecule has 130 valence electrons. The van der Waals surface area contributed by atoms with Gasteiger partial charge in [-0.1, -0.05) is 60.7 Å². The fourth-order valence-corrected chi connectivity index (χ4v) is 2.62. The van der Waals surface area contributed by atoms with Crippen molar-refractivity contribution >= 4 is 29.2 Å². The molecule has 0 fully saturated rings. The van der Waals surface area contributed by atoms with Crippen molar-refractivity contribution in [3.05, 3.63) is 83.7 Å². The zero-order valence-electron chi connectivity index (χ0n) is 14.2. The Kier molecular flexibility index (Phi) is 4.94. The third-order valence-corrected chi connectivity index (χ3v) is 3.86. The number of aryl methyl sites for hydroxylation is 1. The van der Waals surface area contributed by atoms with Crippen LogP contribution in [-0.4, -0.2) is 21.6 Å². The van der Waals surface area contributed by atoms with Gasteiger partial charge in [0.25, 0.3) is 11.8 Å². The van der Waals surface area contributed by atoms with Crippen molar-refractivity contribution in [3.63, 3.8) is 0 Å². The lowest BCUT2D eigenvalue weighted by atomic mass is 10.0. The summed E-state index contributed by atoms with van der Waals surface area (Å²) in [5.74, 6) is -1.01. The van der Waals surface area contributed by atoms with E-state index in [4.69, 9.17) is 5.73 Å². The van der Waals surface area contributed by atoms with Crippen molar-refractivity contribution in [3.8, 4) is 0 Å². The zero-order valence-corrected chi connectivity index (χ0v) is 14.2. The van der Waals surface area contributed by atoms with Gasteiger partial charge < -0.3 is 11.1 Å². The first-order chi connectivity index (χ1) is 12.6. The van der Waals surface area contributed by atoms with Gasteiger partial charge in [-0.05, 0) is 17.2 Å². The number of hydrogen-bond donors (Lipinski definition) is 2. The molecule has 0 saturated carbocycles. The highest BCUT2D eigenvalue weighted by Gasteiger charge is 2.19. The van der Waals surface area contributed by atoms with Gasteiger partial charge >= 0.3 is 0 Å². The number of anilines is 1. The maximum Gasteiger partial charge on any atom is 0.269 e. The maximum atomic E-state index is 12.9. The average molecular weight is 346 g/mol. The lowest BCUT2D eigenvalue weighted by molar-refractivity contribution is -0.111. The van der Waals surface area contributed by atoms with E-state index < -0.39 is 5.91 Å². The third-order valence-electron chi connectivity index (χ3n) is 3.86. The molecule has 6 nitrogen and oxygen atoms in total. The number of benzene rings is 2. The predicted molar refractivity (Wildman–Crippen MR) is 101 cm³/mol. The molecule has 2 aromatic carbocycles. The quantitative estimate of drug-likeness (QED) is 0.550. The third kappa shape index (κ3) is 3.70. The molecule has 1 aromatic heterocycles.